The number of aliphatic hydroxyl groups is 2. The van der Waals surface area contributed by atoms with E-state index in [0.29, 0.717) is 12.3 Å². The van der Waals surface area contributed by atoms with E-state index in [1.807, 2.05) is 0 Å². The highest BCUT2D eigenvalue weighted by Crippen LogP contribution is 2.46. The molecule has 0 spiro atoms. The molecular formula is C10H11F3N2O5. The molecule has 10 heteroatoms. The quantitative estimate of drug-likeness (QED) is 0.610. The predicted octanol–water partition coefficient (Wildman–Crippen LogP) is -1.11. The number of halogens is 3. The maximum Gasteiger partial charge on any atom is 0.440 e. The van der Waals surface area contributed by atoms with Crippen molar-refractivity contribution in [1.29, 1.82) is 0 Å². The van der Waals surface area contributed by atoms with Crippen molar-refractivity contribution in [3.8, 4) is 0 Å². The first-order valence-corrected chi connectivity index (χ1v) is 5.54. The molecule has 1 aromatic rings. The Morgan fingerprint density at radius 3 is 2.40 bits per heavy atom. The molecule has 1 aliphatic heterocycles. The average Bonchev–Trinajstić information content (AvgIpc) is 2.54. The largest absolute Gasteiger partial charge is 0.440 e. The summed E-state index contributed by atoms with van der Waals surface area (Å²) in [6.45, 7) is 1.12. The van der Waals surface area contributed by atoms with Crippen molar-refractivity contribution in [2.24, 2.45) is 0 Å². The molecule has 1 fully saturated rings. The number of aromatic nitrogens is 2. The van der Waals surface area contributed by atoms with Crippen molar-refractivity contribution in [1.82, 2.24) is 9.55 Å². The third-order valence-electron chi connectivity index (χ3n) is 3.16. The van der Waals surface area contributed by atoms with E-state index < -0.39 is 41.5 Å². The summed E-state index contributed by atoms with van der Waals surface area (Å²) in [6.07, 6.45) is -10.2. The second-order valence-corrected chi connectivity index (χ2v) is 4.43. The summed E-state index contributed by atoms with van der Waals surface area (Å²) >= 11 is 0. The fourth-order valence-corrected chi connectivity index (χ4v) is 2.16. The van der Waals surface area contributed by atoms with E-state index in [9.17, 15) is 33.0 Å². The zero-order valence-electron chi connectivity index (χ0n) is 10.1. The topological polar surface area (TPSA) is 105 Å². The van der Waals surface area contributed by atoms with Crippen molar-refractivity contribution in [2.45, 2.75) is 37.1 Å². The molecule has 1 aromatic heterocycles. The van der Waals surface area contributed by atoms with Crippen molar-refractivity contribution in [3.05, 3.63) is 33.1 Å². The van der Waals surface area contributed by atoms with Gasteiger partial charge in [-0.15, -0.1) is 0 Å². The maximum atomic E-state index is 13.3. The van der Waals surface area contributed by atoms with Gasteiger partial charge < -0.3 is 14.9 Å². The van der Waals surface area contributed by atoms with E-state index in [-0.39, 0.29) is 4.57 Å². The zero-order valence-corrected chi connectivity index (χ0v) is 10.1. The van der Waals surface area contributed by atoms with Crippen LogP contribution in [-0.2, 0) is 10.5 Å². The lowest BCUT2D eigenvalue weighted by atomic mass is 10.0. The normalized spacial score (nSPS) is 34.4. The molecule has 0 unspecified atom stereocenters. The van der Waals surface area contributed by atoms with Crippen LogP contribution in [0.4, 0.5) is 13.2 Å². The number of hydrogen-bond acceptors (Lipinski definition) is 5. The van der Waals surface area contributed by atoms with Crippen LogP contribution in [0.2, 0.25) is 0 Å². The highest BCUT2D eigenvalue weighted by atomic mass is 19.4. The molecule has 4 atom stereocenters. The molecule has 2 heterocycles. The summed E-state index contributed by atoms with van der Waals surface area (Å²) in [4.78, 5) is 24.1. The second-order valence-electron chi connectivity index (χ2n) is 4.43. The van der Waals surface area contributed by atoms with Crippen molar-refractivity contribution in [2.75, 3.05) is 0 Å². The van der Waals surface area contributed by atoms with Gasteiger partial charge in [-0.05, 0) is 6.92 Å². The van der Waals surface area contributed by atoms with E-state index in [1.165, 1.54) is 0 Å². The lowest BCUT2D eigenvalue weighted by molar-refractivity contribution is -0.331. The Kier molecular flexibility index (Phi) is 3.27. The monoisotopic (exact) mass is 296 g/mol. The predicted molar refractivity (Wildman–Crippen MR) is 57.9 cm³/mol. The fourth-order valence-electron chi connectivity index (χ4n) is 2.16. The minimum absolute atomic E-state index is 0.0196. The Hall–Kier alpha value is -1.65. The van der Waals surface area contributed by atoms with Crippen LogP contribution in [-0.4, -0.2) is 44.3 Å². The summed E-state index contributed by atoms with van der Waals surface area (Å²) in [7, 11) is 0. The van der Waals surface area contributed by atoms with Crippen LogP contribution in [0.3, 0.4) is 0 Å². The smallest absolute Gasteiger partial charge is 0.388 e. The first-order chi connectivity index (χ1) is 9.11. The van der Waals surface area contributed by atoms with E-state index >= 15 is 0 Å². The SMILES string of the molecule is C[C@H]1O[C@](n2ccc(=O)[nH]c2=O)(C(F)(F)F)[C@H](O)[C@@H]1O. The molecule has 0 saturated carbocycles. The number of aliphatic hydroxyl groups excluding tert-OH is 2. The van der Waals surface area contributed by atoms with E-state index in [4.69, 9.17) is 0 Å². The molecule has 1 aliphatic rings. The van der Waals surface area contributed by atoms with Gasteiger partial charge in [0.2, 0.25) is 0 Å². The van der Waals surface area contributed by atoms with Gasteiger partial charge in [-0.25, -0.2) is 4.79 Å². The summed E-state index contributed by atoms with van der Waals surface area (Å²) in [5.41, 5.74) is -5.76. The first kappa shape index (κ1) is 14.8. The van der Waals surface area contributed by atoms with Gasteiger partial charge in [0, 0.05) is 12.3 Å². The number of rotatable bonds is 1. The molecule has 1 saturated heterocycles. The van der Waals surface area contributed by atoms with Crippen LogP contribution in [0, 0.1) is 0 Å². The van der Waals surface area contributed by atoms with Gasteiger partial charge in [0.25, 0.3) is 11.3 Å². The van der Waals surface area contributed by atoms with Gasteiger partial charge in [-0.3, -0.25) is 14.3 Å². The highest BCUT2D eigenvalue weighted by molar-refractivity contribution is 5.04. The van der Waals surface area contributed by atoms with E-state index in [2.05, 4.69) is 4.74 Å². The summed E-state index contributed by atoms with van der Waals surface area (Å²) in [5, 5.41) is 19.2. The second kappa shape index (κ2) is 4.43. The van der Waals surface area contributed by atoms with Crippen LogP contribution >= 0.6 is 0 Å². The van der Waals surface area contributed by atoms with Crippen molar-refractivity contribution < 1.29 is 28.1 Å². The van der Waals surface area contributed by atoms with E-state index in [1.54, 1.807) is 4.98 Å². The molecule has 3 N–H and O–H groups in total. The standard InChI is InChI=1S/C10H11F3N2O5/c1-4-6(17)7(18)9(20-4,10(11,12)13)15-3-2-5(16)14-8(15)19/h2-4,6-7,17-18H,1H3,(H,14,16,19)/t4-,6-,7-,9+/m1/s1. The van der Waals surface area contributed by atoms with Gasteiger partial charge in [-0.2, -0.15) is 13.2 Å². The average molecular weight is 296 g/mol. The van der Waals surface area contributed by atoms with Gasteiger partial charge >= 0.3 is 11.9 Å². The number of hydrogen-bond donors (Lipinski definition) is 3. The van der Waals surface area contributed by atoms with Crippen molar-refractivity contribution in [3.63, 3.8) is 0 Å². The fraction of sp³-hybridized carbons (Fsp3) is 0.600. The van der Waals surface area contributed by atoms with Crippen LogP contribution in [0.5, 0.6) is 0 Å². The van der Waals surface area contributed by atoms with Crippen LogP contribution in [0.1, 0.15) is 6.92 Å². The van der Waals surface area contributed by atoms with E-state index in [0.717, 1.165) is 6.92 Å². The van der Waals surface area contributed by atoms with Crippen molar-refractivity contribution >= 4 is 0 Å². The summed E-state index contributed by atoms with van der Waals surface area (Å²) < 4.78 is 44.7. The number of nitrogens with one attached hydrogen (secondary N) is 1. The van der Waals surface area contributed by atoms with Crippen LogP contribution in [0.15, 0.2) is 21.9 Å². The third-order valence-corrected chi connectivity index (χ3v) is 3.16. The Balaban J connectivity index is 2.73. The summed E-state index contributed by atoms with van der Waals surface area (Å²) in [6, 6.07) is 0.681. The first-order valence-electron chi connectivity index (χ1n) is 5.54. The molecule has 0 radical (unpaired) electrons. The molecule has 7 nitrogen and oxygen atoms in total. The third kappa shape index (κ3) is 1.87. The number of aromatic amines is 1. The highest BCUT2D eigenvalue weighted by Gasteiger charge is 2.70. The number of alkyl halides is 3. The molecule has 20 heavy (non-hydrogen) atoms. The van der Waals surface area contributed by atoms with Gasteiger partial charge in [-0.1, -0.05) is 0 Å². The number of H-pyrrole nitrogens is 1. The minimum atomic E-state index is -5.19. The lowest BCUT2D eigenvalue weighted by Gasteiger charge is -2.35. The molecule has 0 aromatic carbocycles. The Morgan fingerprint density at radius 1 is 1.40 bits per heavy atom. The zero-order chi connectivity index (χ0) is 15.3. The molecule has 0 bridgehead atoms. The lowest BCUT2D eigenvalue weighted by Crippen LogP contribution is -2.60. The maximum absolute atomic E-state index is 13.3. The Labute approximate surface area is 109 Å². The van der Waals surface area contributed by atoms with Gasteiger partial charge in [0.05, 0.1) is 6.10 Å². The molecule has 112 valence electrons. The minimum Gasteiger partial charge on any atom is -0.388 e. The van der Waals surface area contributed by atoms with Gasteiger partial charge in [0.1, 0.15) is 12.2 Å². The molecule has 2 rings (SSSR count). The molecule has 0 aliphatic carbocycles. The van der Waals surface area contributed by atoms with Crippen LogP contribution < -0.4 is 11.2 Å². The molecule has 0 amide bonds. The Morgan fingerprint density at radius 2 is 2.00 bits per heavy atom. The Bertz CT molecular complexity index is 624. The number of ether oxygens (including phenoxy) is 1. The van der Waals surface area contributed by atoms with Gasteiger partial charge in [0.15, 0.2) is 0 Å². The number of nitrogens with zero attached hydrogens (tertiary/aromatic N) is 1. The van der Waals surface area contributed by atoms with Crippen LogP contribution in [0.25, 0.3) is 0 Å². The molecular weight excluding hydrogens is 285 g/mol. The summed E-state index contributed by atoms with van der Waals surface area (Å²) in [5.74, 6) is 0.